The van der Waals surface area contributed by atoms with Gasteiger partial charge in [-0.05, 0) is 6.92 Å². The first-order valence-corrected chi connectivity index (χ1v) is 4.47. The van der Waals surface area contributed by atoms with Crippen LogP contribution < -0.4 is 4.87 Å². The van der Waals surface area contributed by atoms with Crippen LogP contribution in [0.4, 0.5) is 0 Å². The lowest BCUT2D eigenvalue weighted by Gasteiger charge is -2.08. The Labute approximate surface area is 73.7 Å². The van der Waals surface area contributed by atoms with Gasteiger partial charge in [-0.25, -0.2) is 0 Å². The van der Waals surface area contributed by atoms with Crippen molar-refractivity contribution in [2.24, 2.45) is 0 Å². The lowest BCUT2D eigenvalue weighted by Crippen LogP contribution is -2.26. The molecule has 1 aromatic heterocycles. The molecule has 0 fully saturated rings. The summed E-state index contributed by atoms with van der Waals surface area (Å²) in [5.74, 6) is 0. The van der Waals surface area contributed by atoms with Crippen LogP contribution in [0.5, 0.6) is 0 Å². The molecule has 12 heavy (non-hydrogen) atoms. The Morgan fingerprint density at radius 2 is 2.42 bits per heavy atom. The van der Waals surface area contributed by atoms with Crippen molar-refractivity contribution < 1.29 is 10.2 Å². The third-order valence-corrected chi connectivity index (χ3v) is 2.46. The molecular formula is C7H11NO3S. The second-order valence-corrected chi connectivity index (χ2v) is 3.41. The number of aryl methyl sites for hydroxylation is 1. The van der Waals surface area contributed by atoms with Gasteiger partial charge in [0.2, 0.25) is 0 Å². The maximum absolute atomic E-state index is 11.1. The zero-order chi connectivity index (χ0) is 9.14. The first kappa shape index (κ1) is 9.44. The predicted molar refractivity (Wildman–Crippen MR) is 46.4 cm³/mol. The van der Waals surface area contributed by atoms with E-state index in [1.54, 1.807) is 12.3 Å². The highest BCUT2D eigenvalue weighted by Gasteiger charge is 2.07. The molecule has 0 aliphatic rings. The molecule has 1 atom stereocenters. The summed E-state index contributed by atoms with van der Waals surface area (Å²) in [5, 5.41) is 19.4. The molecule has 0 radical (unpaired) electrons. The maximum atomic E-state index is 11.1. The SMILES string of the molecule is Cc1csc(=O)n1CC(O)CO. The molecule has 1 heterocycles. The standard InChI is InChI=1S/C7H11NO3S/c1-5-4-12-7(11)8(5)2-6(10)3-9/h4,6,9-10H,2-3H2,1H3. The van der Waals surface area contributed by atoms with E-state index in [1.807, 2.05) is 0 Å². The molecule has 5 heteroatoms. The summed E-state index contributed by atoms with van der Waals surface area (Å²) in [7, 11) is 0. The Bertz CT molecular complexity index is 304. The number of aliphatic hydroxyl groups excluding tert-OH is 2. The topological polar surface area (TPSA) is 62.5 Å². The van der Waals surface area contributed by atoms with E-state index in [9.17, 15) is 4.79 Å². The van der Waals surface area contributed by atoms with Crippen LogP contribution >= 0.6 is 11.3 Å². The largest absolute Gasteiger partial charge is 0.394 e. The average molecular weight is 189 g/mol. The fraction of sp³-hybridized carbons (Fsp3) is 0.571. The third-order valence-electron chi connectivity index (χ3n) is 1.58. The van der Waals surface area contributed by atoms with Gasteiger partial charge in [-0.3, -0.25) is 4.79 Å². The molecule has 0 spiro atoms. The van der Waals surface area contributed by atoms with Crippen LogP contribution in [0.15, 0.2) is 10.2 Å². The minimum absolute atomic E-state index is 0.0972. The second kappa shape index (κ2) is 3.84. The van der Waals surface area contributed by atoms with Crippen LogP contribution in [0.3, 0.4) is 0 Å². The monoisotopic (exact) mass is 189 g/mol. The summed E-state index contributed by atoms with van der Waals surface area (Å²) in [6.45, 7) is 1.65. The zero-order valence-corrected chi connectivity index (χ0v) is 7.54. The first-order chi connectivity index (χ1) is 5.65. The smallest absolute Gasteiger partial charge is 0.307 e. The Kier molecular flexibility index (Phi) is 3.02. The molecule has 0 amide bonds. The van der Waals surface area contributed by atoms with E-state index in [0.29, 0.717) is 0 Å². The summed E-state index contributed by atoms with van der Waals surface area (Å²) < 4.78 is 1.45. The minimum Gasteiger partial charge on any atom is -0.394 e. The fourth-order valence-electron chi connectivity index (χ4n) is 0.894. The van der Waals surface area contributed by atoms with Crippen molar-refractivity contribution in [3.05, 3.63) is 20.7 Å². The van der Waals surface area contributed by atoms with Crippen molar-refractivity contribution in [3.8, 4) is 0 Å². The molecular weight excluding hydrogens is 178 g/mol. The Morgan fingerprint density at radius 1 is 1.75 bits per heavy atom. The molecule has 1 unspecified atom stereocenters. The maximum Gasteiger partial charge on any atom is 0.307 e. The zero-order valence-electron chi connectivity index (χ0n) is 6.73. The molecule has 1 rings (SSSR count). The molecule has 0 aliphatic heterocycles. The van der Waals surface area contributed by atoms with Crippen LogP contribution in [-0.2, 0) is 6.54 Å². The number of aliphatic hydroxyl groups is 2. The quantitative estimate of drug-likeness (QED) is 0.678. The van der Waals surface area contributed by atoms with Gasteiger partial charge in [0.1, 0.15) is 0 Å². The Hall–Kier alpha value is -0.650. The molecule has 0 aromatic carbocycles. The molecule has 2 N–H and O–H groups in total. The van der Waals surface area contributed by atoms with Crippen molar-refractivity contribution >= 4 is 11.3 Å². The van der Waals surface area contributed by atoms with Crippen molar-refractivity contribution in [1.82, 2.24) is 4.57 Å². The number of hydrogen-bond acceptors (Lipinski definition) is 4. The summed E-state index contributed by atoms with van der Waals surface area (Å²) in [6.07, 6.45) is -0.851. The molecule has 4 nitrogen and oxygen atoms in total. The Balaban J connectivity index is 2.81. The van der Waals surface area contributed by atoms with Crippen LogP contribution in [0.2, 0.25) is 0 Å². The lowest BCUT2D eigenvalue weighted by atomic mass is 10.3. The molecule has 0 saturated carbocycles. The predicted octanol–water partition coefficient (Wildman–Crippen LogP) is -0.429. The normalized spacial score (nSPS) is 13.2. The number of thiazole rings is 1. The third kappa shape index (κ3) is 1.94. The van der Waals surface area contributed by atoms with Crippen LogP contribution in [0.1, 0.15) is 5.69 Å². The van der Waals surface area contributed by atoms with Crippen molar-refractivity contribution in [2.45, 2.75) is 19.6 Å². The number of nitrogens with zero attached hydrogens (tertiary/aromatic N) is 1. The minimum atomic E-state index is -0.851. The number of hydrogen-bond donors (Lipinski definition) is 2. The van der Waals surface area contributed by atoms with Crippen LogP contribution in [-0.4, -0.2) is 27.5 Å². The highest BCUT2D eigenvalue weighted by molar-refractivity contribution is 7.07. The van der Waals surface area contributed by atoms with E-state index in [0.717, 1.165) is 17.0 Å². The van der Waals surface area contributed by atoms with E-state index in [2.05, 4.69) is 0 Å². The lowest BCUT2D eigenvalue weighted by molar-refractivity contribution is 0.0803. The van der Waals surface area contributed by atoms with Crippen LogP contribution in [0.25, 0.3) is 0 Å². The average Bonchev–Trinajstić information content (AvgIpc) is 2.35. The van der Waals surface area contributed by atoms with E-state index >= 15 is 0 Å². The van der Waals surface area contributed by atoms with Gasteiger partial charge in [-0.2, -0.15) is 0 Å². The van der Waals surface area contributed by atoms with Crippen LogP contribution in [0, 0.1) is 6.92 Å². The van der Waals surface area contributed by atoms with Gasteiger partial charge in [0.15, 0.2) is 0 Å². The first-order valence-electron chi connectivity index (χ1n) is 3.59. The van der Waals surface area contributed by atoms with Crippen molar-refractivity contribution in [3.63, 3.8) is 0 Å². The van der Waals surface area contributed by atoms with Gasteiger partial charge in [0, 0.05) is 11.1 Å². The van der Waals surface area contributed by atoms with Gasteiger partial charge in [-0.15, -0.1) is 0 Å². The fourth-order valence-corrected chi connectivity index (χ4v) is 1.64. The summed E-state index contributed by atoms with van der Waals surface area (Å²) in [4.78, 5) is 11.0. The number of aromatic nitrogens is 1. The summed E-state index contributed by atoms with van der Waals surface area (Å²) in [6, 6.07) is 0. The van der Waals surface area contributed by atoms with Gasteiger partial charge < -0.3 is 14.8 Å². The van der Waals surface area contributed by atoms with Gasteiger partial charge in [-0.1, -0.05) is 11.3 Å². The van der Waals surface area contributed by atoms with Gasteiger partial charge in [0.25, 0.3) is 0 Å². The van der Waals surface area contributed by atoms with E-state index < -0.39 is 6.10 Å². The summed E-state index contributed by atoms with van der Waals surface area (Å²) >= 11 is 1.10. The van der Waals surface area contributed by atoms with Gasteiger partial charge >= 0.3 is 4.87 Å². The highest BCUT2D eigenvalue weighted by atomic mass is 32.1. The van der Waals surface area contributed by atoms with E-state index in [-0.39, 0.29) is 18.0 Å². The van der Waals surface area contributed by atoms with Crippen molar-refractivity contribution in [1.29, 1.82) is 0 Å². The van der Waals surface area contributed by atoms with Gasteiger partial charge in [0.05, 0.1) is 19.3 Å². The molecule has 0 bridgehead atoms. The van der Waals surface area contributed by atoms with E-state index in [1.165, 1.54) is 4.57 Å². The Morgan fingerprint density at radius 3 is 2.83 bits per heavy atom. The molecule has 1 aromatic rings. The molecule has 0 saturated heterocycles. The molecule has 0 aliphatic carbocycles. The summed E-state index contributed by atoms with van der Waals surface area (Å²) in [5.41, 5.74) is 0.817. The second-order valence-electron chi connectivity index (χ2n) is 2.59. The van der Waals surface area contributed by atoms with Crippen molar-refractivity contribution in [2.75, 3.05) is 6.61 Å². The number of rotatable bonds is 3. The highest BCUT2D eigenvalue weighted by Crippen LogP contribution is 2.00. The molecule has 68 valence electrons. The van der Waals surface area contributed by atoms with E-state index in [4.69, 9.17) is 10.2 Å².